The maximum absolute atomic E-state index is 11.8. The number of fused-ring (bicyclic) bond motifs is 1. The molecule has 110 valence electrons. The van der Waals surface area contributed by atoms with Crippen LogP contribution in [0.5, 0.6) is 0 Å². The molecule has 1 heterocycles. The lowest BCUT2D eigenvalue weighted by atomic mass is 9.95. The lowest BCUT2D eigenvalue weighted by molar-refractivity contribution is 0.469. The molecule has 20 heavy (non-hydrogen) atoms. The summed E-state index contributed by atoms with van der Waals surface area (Å²) in [6.45, 7) is 14.8. The highest BCUT2D eigenvalue weighted by Gasteiger charge is 2.17. The van der Waals surface area contributed by atoms with Crippen LogP contribution in [0.2, 0.25) is 0 Å². The number of nitrogens with zero attached hydrogens (tertiary/aromatic N) is 1. The number of hydrogen-bond acceptors (Lipinski definition) is 2. The molecule has 0 fully saturated rings. The minimum atomic E-state index is -0.136. The first kappa shape index (κ1) is 16.4. The first-order valence-corrected chi connectivity index (χ1v) is 6.98. The van der Waals surface area contributed by atoms with Crippen molar-refractivity contribution in [2.75, 3.05) is 0 Å². The molecule has 0 aliphatic heterocycles. The van der Waals surface area contributed by atoms with Gasteiger partial charge in [-0.15, -0.1) is 0 Å². The first-order valence-electron chi connectivity index (χ1n) is 6.98. The van der Waals surface area contributed by atoms with Gasteiger partial charge in [0.25, 0.3) is 5.56 Å². The Hall–Kier alpha value is -1.64. The van der Waals surface area contributed by atoms with E-state index in [2.05, 4.69) is 37.7 Å². The van der Waals surface area contributed by atoms with Crippen LogP contribution in [0.3, 0.4) is 0 Å². The maximum atomic E-state index is 11.8. The fourth-order valence-corrected chi connectivity index (χ4v) is 1.44. The van der Waals surface area contributed by atoms with Gasteiger partial charge in [0.1, 0.15) is 5.82 Å². The molecule has 1 N–H and O–H groups in total. The van der Waals surface area contributed by atoms with Crippen LogP contribution >= 0.6 is 0 Å². The Labute approximate surface area is 121 Å². The molecule has 3 heteroatoms. The molecule has 0 aliphatic carbocycles. The summed E-state index contributed by atoms with van der Waals surface area (Å²) < 4.78 is 0. The summed E-state index contributed by atoms with van der Waals surface area (Å²) in [5, 5.41) is 0.644. The highest BCUT2D eigenvalue weighted by atomic mass is 16.1. The van der Waals surface area contributed by atoms with E-state index in [1.54, 1.807) is 6.07 Å². The van der Waals surface area contributed by atoms with Crippen molar-refractivity contribution in [1.29, 1.82) is 0 Å². The topological polar surface area (TPSA) is 45.8 Å². The van der Waals surface area contributed by atoms with E-state index in [1.165, 1.54) is 0 Å². The van der Waals surface area contributed by atoms with Crippen molar-refractivity contribution in [3.05, 3.63) is 40.4 Å². The zero-order valence-electron chi connectivity index (χ0n) is 13.7. The van der Waals surface area contributed by atoms with Crippen LogP contribution in [0.25, 0.3) is 10.9 Å². The van der Waals surface area contributed by atoms with E-state index in [-0.39, 0.29) is 11.0 Å². The van der Waals surface area contributed by atoms with Crippen LogP contribution in [-0.4, -0.2) is 9.97 Å². The fraction of sp³-hybridized carbons (Fsp3) is 0.529. The number of hydrogen-bond donors (Lipinski definition) is 1. The zero-order chi connectivity index (χ0) is 15.6. The van der Waals surface area contributed by atoms with Crippen LogP contribution in [-0.2, 0) is 5.41 Å². The Morgan fingerprint density at radius 2 is 1.45 bits per heavy atom. The van der Waals surface area contributed by atoms with Gasteiger partial charge in [-0.05, 0) is 17.5 Å². The molecule has 0 atom stereocenters. The van der Waals surface area contributed by atoms with Crippen LogP contribution in [0.4, 0.5) is 0 Å². The van der Waals surface area contributed by atoms with Crippen molar-refractivity contribution in [1.82, 2.24) is 9.97 Å². The van der Waals surface area contributed by atoms with Gasteiger partial charge >= 0.3 is 0 Å². The van der Waals surface area contributed by atoms with Crippen LogP contribution in [0.1, 0.15) is 54.3 Å². The molecule has 1 aromatic carbocycles. The Morgan fingerprint density at radius 1 is 0.950 bits per heavy atom. The summed E-state index contributed by atoms with van der Waals surface area (Å²) in [7, 11) is 0. The molecular weight excluding hydrogens is 248 g/mol. The normalized spacial score (nSPS) is 11.9. The molecule has 0 amide bonds. The van der Waals surface area contributed by atoms with E-state index in [4.69, 9.17) is 0 Å². The molecule has 0 spiro atoms. The van der Waals surface area contributed by atoms with Gasteiger partial charge in [0.2, 0.25) is 0 Å². The smallest absolute Gasteiger partial charge is 0.258 e. The summed E-state index contributed by atoms with van der Waals surface area (Å²) in [5.74, 6) is 0.728. The molecule has 0 saturated heterocycles. The van der Waals surface area contributed by atoms with E-state index in [0.717, 1.165) is 11.3 Å². The van der Waals surface area contributed by atoms with E-state index in [1.807, 2.05) is 39.0 Å². The maximum Gasteiger partial charge on any atom is 0.258 e. The predicted octanol–water partition coefficient (Wildman–Crippen LogP) is 4.27. The molecular formula is C17H26N2O. The molecule has 1 aromatic heterocycles. The number of para-hydroxylation sites is 1. The Morgan fingerprint density at radius 3 is 1.95 bits per heavy atom. The van der Waals surface area contributed by atoms with Crippen molar-refractivity contribution in [2.45, 2.75) is 53.9 Å². The molecule has 2 aromatic rings. The van der Waals surface area contributed by atoms with Crippen molar-refractivity contribution >= 4 is 10.9 Å². The monoisotopic (exact) mass is 274 g/mol. The standard InChI is InChI=1S/C12H14N2O.C5H12/c1-12(2,3)11-13-9-7-5-4-6-8(9)10(15)14-11;1-5(2,3)4/h4-7H,1-3H3,(H,13,14,15);1-4H3. The van der Waals surface area contributed by atoms with Gasteiger partial charge in [-0.3, -0.25) is 4.79 Å². The molecule has 3 nitrogen and oxygen atoms in total. The van der Waals surface area contributed by atoms with Crippen molar-refractivity contribution in [3.63, 3.8) is 0 Å². The van der Waals surface area contributed by atoms with Crippen molar-refractivity contribution in [2.24, 2.45) is 5.41 Å². The molecule has 0 radical (unpaired) electrons. The van der Waals surface area contributed by atoms with E-state index < -0.39 is 0 Å². The van der Waals surface area contributed by atoms with Crippen LogP contribution < -0.4 is 5.56 Å². The highest BCUT2D eigenvalue weighted by Crippen LogP contribution is 2.18. The van der Waals surface area contributed by atoms with Crippen molar-refractivity contribution < 1.29 is 0 Å². The number of aromatic nitrogens is 2. The minimum absolute atomic E-state index is 0.0643. The van der Waals surface area contributed by atoms with Crippen LogP contribution in [0, 0.1) is 5.41 Å². The van der Waals surface area contributed by atoms with E-state index in [0.29, 0.717) is 10.8 Å². The molecule has 0 unspecified atom stereocenters. The summed E-state index contributed by atoms with van der Waals surface area (Å²) >= 11 is 0. The molecule has 2 rings (SSSR count). The molecule has 0 bridgehead atoms. The van der Waals surface area contributed by atoms with Gasteiger partial charge in [-0.2, -0.15) is 0 Å². The van der Waals surface area contributed by atoms with Gasteiger partial charge in [0, 0.05) is 5.41 Å². The molecule has 0 saturated carbocycles. The third-order valence-corrected chi connectivity index (χ3v) is 2.32. The fourth-order valence-electron chi connectivity index (χ4n) is 1.44. The number of rotatable bonds is 0. The second kappa shape index (κ2) is 5.78. The average Bonchev–Trinajstić information content (AvgIpc) is 2.25. The third kappa shape index (κ3) is 5.16. The van der Waals surface area contributed by atoms with Gasteiger partial charge in [-0.25, -0.2) is 4.98 Å². The lowest BCUT2D eigenvalue weighted by Crippen LogP contribution is -2.21. The second-order valence-electron chi connectivity index (χ2n) is 7.68. The van der Waals surface area contributed by atoms with Gasteiger partial charge < -0.3 is 4.98 Å². The summed E-state index contributed by atoms with van der Waals surface area (Å²) in [5.41, 5.74) is 1.06. The first-order chi connectivity index (χ1) is 8.98. The summed E-state index contributed by atoms with van der Waals surface area (Å²) in [6.07, 6.45) is 0. The quantitative estimate of drug-likeness (QED) is 0.779. The average molecular weight is 274 g/mol. The highest BCUT2D eigenvalue weighted by molar-refractivity contribution is 5.77. The van der Waals surface area contributed by atoms with E-state index >= 15 is 0 Å². The van der Waals surface area contributed by atoms with E-state index in [9.17, 15) is 4.79 Å². The number of benzene rings is 1. The Kier molecular flexibility index (Phi) is 4.74. The SMILES string of the molecule is CC(C)(C)C.CC(C)(C)c1nc2ccccc2c(=O)[nH]1. The number of nitrogens with one attached hydrogen (secondary N) is 1. The number of aromatic amines is 1. The van der Waals surface area contributed by atoms with Gasteiger partial charge in [-0.1, -0.05) is 60.6 Å². The Balaban J connectivity index is 0.000000347. The second-order valence-corrected chi connectivity index (χ2v) is 7.68. The predicted molar refractivity (Wildman–Crippen MR) is 86.2 cm³/mol. The van der Waals surface area contributed by atoms with Crippen LogP contribution in [0.15, 0.2) is 29.1 Å². The number of H-pyrrole nitrogens is 1. The minimum Gasteiger partial charge on any atom is -0.310 e. The third-order valence-electron chi connectivity index (χ3n) is 2.32. The van der Waals surface area contributed by atoms with Gasteiger partial charge in [0.15, 0.2) is 0 Å². The largest absolute Gasteiger partial charge is 0.310 e. The van der Waals surface area contributed by atoms with Gasteiger partial charge in [0.05, 0.1) is 10.9 Å². The summed E-state index contributed by atoms with van der Waals surface area (Å²) in [4.78, 5) is 19.0. The van der Waals surface area contributed by atoms with Crippen molar-refractivity contribution in [3.8, 4) is 0 Å². The summed E-state index contributed by atoms with van der Waals surface area (Å²) in [6, 6.07) is 7.38. The zero-order valence-corrected chi connectivity index (χ0v) is 13.7. The lowest BCUT2D eigenvalue weighted by Gasteiger charge is -2.17. The molecule has 0 aliphatic rings. The Bertz CT molecular complexity index is 622.